The van der Waals surface area contributed by atoms with E-state index in [1.165, 1.54) is 10.2 Å². The van der Waals surface area contributed by atoms with Crippen LogP contribution in [0.3, 0.4) is 0 Å². The zero-order valence-corrected chi connectivity index (χ0v) is 23.3. The van der Waals surface area contributed by atoms with Gasteiger partial charge < -0.3 is 4.74 Å². The predicted molar refractivity (Wildman–Crippen MR) is 150 cm³/mol. The molecule has 0 saturated carbocycles. The highest BCUT2D eigenvalue weighted by molar-refractivity contribution is 9.10. The SMILES string of the molecule is CCCCc1nc2ccc(Br)cc2c(=O)n1N=Cc1cc(Cl)cc(Br)c1OCc1ccc(C)cc1. The largest absolute Gasteiger partial charge is 0.487 e. The number of benzene rings is 3. The third kappa shape index (κ3) is 6.21. The van der Waals surface area contributed by atoms with Gasteiger partial charge in [0.05, 0.1) is 21.6 Å². The molecular formula is C27H24Br2ClN3O2. The van der Waals surface area contributed by atoms with Gasteiger partial charge in [-0.25, -0.2) is 4.98 Å². The number of rotatable bonds is 8. The van der Waals surface area contributed by atoms with Gasteiger partial charge in [-0.15, -0.1) is 0 Å². The van der Waals surface area contributed by atoms with Gasteiger partial charge in [-0.05, 0) is 65.2 Å². The third-order valence-corrected chi connectivity index (χ3v) is 6.78. The number of fused-ring (bicyclic) bond motifs is 1. The van der Waals surface area contributed by atoms with E-state index >= 15 is 0 Å². The summed E-state index contributed by atoms with van der Waals surface area (Å²) in [6, 6.07) is 17.2. The summed E-state index contributed by atoms with van der Waals surface area (Å²) < 4.78 is 9.04. The Hall–Kier alpha value is -2.48. The summed E-state index contributed by atoms with van der Waals surface area (Å²) in [6.45, 7) is 4.53. The fraction of sp³-hybridized carbons (Fsp3) is 0.222. The molecule has 0 N–H and O–H groups in total. The van der Waals surface area contributed by atoms with Crippen LogP contribution in [0, 0.1) is 6.92 Å². The lowest BCUT2D eigenvalue weighted by molar-refractivity contribution is 0.304. The molecule has 1 aromatic heterocycles. The Balaban J connectivity index is 1.74. The lowest BCUT2D eigenvalue weighted by atomic mass is 10.1. The van der Waals surface area contributed by atoms with Crippen molar-refractivity contribution >= 4 is 60.6 Å². The molecule has 0 radical (unpaired) electrons. The Kier molecular flexibility index (Phi) is 8.42. The van der Waals surface area contributed by atoms with Crippen LogP contribution in [0.25, 0.3) is 10.9 Å². The van der Waals surface area contributed by atoms with Gasteiger partial charge in [0.1, 0.15) is 18.2 Å². The van der Waals surface area contributed by atoms with Gasteiger partial charge in [0.2, 0.25) is 0 Å². The smallest absolute Gasteiger partial charge is 0.282 e. The van der Waals surface area contributed by atoms with Crippen molar-refractivity contribution in [1.29, 1.82) is 0 Å². The maximum Gasteiger partial charge on any atom is 0.282 e. The molecule has 0 atom stereocenters. The van der Waals surface area contributed by atoms with Crippen LogP contribution in [0.1, 0.15) is 42.3 Å². The molecule has 35 heavy (non-hydrogen) atoms. The van der Waals surface area contributed by atoms with Crippen molar-refractivity contribution in [3.8, 4) is 5.75 Å². The highest BCUT2D eigenvalue weighted by atomic mass is 79.9. The van der Waals surface area contributed by atoms with Crippen molar-refractivity contribution < 1.29 is 4.74 Å². The second kappa shape index (κ2) is 11.5. The van der Waals surface area contributed by atoms with Gasteiger partial charge in [-0.2, -0.15) is 9.78 Å². The number of ether oxygens (including phenoxy) is 1. The average molecular weight is 618 g/mol. The lowest BCUT2D eigenvalue weighted by Gasteiger charge is -2.13. The first-order valence-corrected chi connectivity index (χ1v) is 13.2. The normalized spacial score (nSPS) is 11.5. The van der Waals surface area contributed by atoms with Crippen LogP contribution < -0.4 is 10.3 Å². The molecule has 0 unspecified atom stereocenters. The number of halogens is 3. The molecule has 0 saturated heterocycles. The second-order valence-electron chi connectivity index (χ2n) is 8.23. The summed E-state index contributed by atoms with van der Waals surface area (Å²) in [6.07, 6.45) is 4.13. The van der Waals surface area contributed by atoms with Crippen molar-refractivity contribution in [2.24, 2.45) is 5.10 Å². The average Bonchev–Trinajstić information content (AvgIpc) is 2.83. The summed E-state index contributed by atoms with van der Waals surface area (Å²) in [5.74, 6) is 1.21. The third-order valence-electron chi connectivity index (χ3n) is 5.48. The van der Waals surface area contributed by atoms with Gasteiger partial charge in [-0.3, -0.25) is 4.79 Å². The van der Waals surface area contributed by atoms with Gasteiger partial charge in [0.25, 0.3) is 5.56 Å². The summed E-state index contributed by atoms with van der Waals surface area (Å²) in [7, 11) is 0. The number of hydrogen-bond donors (Lipinski definition) is 0. The zero-order valence-electron chi connectivity index (χ0n) is 19.4. The molecule has 0 aliphatic heterocycles. The molecule has 0 aliphatic rings. The van der Waals surface area contributed by atoms with E-state index in [1.807, 2.05) is 43.3 Å². The lowest BCUT2D eigenvalue weighted by Crippen LogP contribution is -2.22. The van der Waals surface area contributed by atoms with E-state index in [1.54, 1.807) is 24.4 Å². The Morgan fingerprint density at radius 1 is 1.11 bits per heavy atom. The van der Waals surface area contributed by atoms with Gasteiger partial charge in [0, 0.05) is 21.5 Å². The fourth-order valence-electron chi connectivity index (χ4n) is 3.60. The number of aromatic nitrogens is 2. The van der Waals surface area contributed by atoms with Gasteiger partial charge >= 0.3 is 0 Å². The van der Waals surface area contributed by atoms with E-state index in [-0.39, 0.29) is 5.56 Å². The molecule has 0 fully saturated rings. The minimum Gasteiger partial charge on any atom is -0.487 e. The van der Waals surface area contributed by atoms with Crippen molar-refractivity contribution in [1.82, 2.24) is 9.66 Å². The number of nitrogens with zero attached hydrogens (tertiary/aromatic N) is 3. The summed E-state index contributed by atoms with van der Waals surface area (Å²) in [4.78, 5) is 18.1. The first-order chi connectivity index (χ1) is 16.9. The van der Waals surface area contributed by atoms with Crippen LogP contribution in [0.2, 0.25) is 5.02 Å². The maximum absolute atomic E-state index is 13.4. The zero-order chi connectivity index (χ0) is 24.9. The van der Waals surface area contributed by atoms with Crippen LogP contribution >= 0.6 is 43.5 Å². The van der Waals surface area contributed by atoms with Crippen molar-refractivity contribution in [2.75, 3.05) is 0 Å². The quantitative estimate of drug-likeness (QED) is 0.191. The van der Waals surface area contributed by atoms with Crippen LogP contribution in [0.15, 0.2) is 73.4 Å². The molecule has 0 amide bonds. The van der Waals surface area contributed by atoms with Crippen LogP contribution in [-0.4, -0.2) is 15.9 Å². The first kappa shape index (κ1) is 25.6. The van der Waals surface area contributed by atoms with Crippen LogP contribution in [0.5, 0.6) is 5.75 Å². The summed E-state index contributed by atoms with van der Waals surface area (Å²) in [5, 5.41) is 5.59. The predicted octanol–water partition coefficient (Wildman–Crippen LogP) is 7.69. The highest BCUT2D eigenvalue weighted by Crippen LogP contribution is 2.32. The van der Waals surface area contributed by atoms with E-state index in [0.29, 0.717) is 50.6 Å². The van der Waals surface area contributed by atoms with Gasteiger partial charge in [-0.1, -0.05) is 70.7 Å². The maximum atomic E-state index is 13.4. The van der Waals surface area contributed by atoms with E-state index in [9.17, 15) is 4.79 Å². The first-order valence-electron chi connectivity index (χ1n) is 11.3. The van der Waals surface area contributed by atoms with Crippen molar-refractivity contribution in [2.45, 2.75) is 39.7 Å². The highest BCUT2D eigenvalue weighted by Gasteiger charge is 2.13. The van der Waals surface area contributed by atoms with Crippen molar-refractivity contribution in [3.63, 3.8) is 0 Å². The molecule has 3 aromatic carbocycles. The second-order valence-corrected chi connectivity index (χ2v) is 10.4. The molecule has 1 heterocycles. The van der Waals surface area contributed by atoms with Crippen LogP contribution in [-0.2, 0) is 13.0 Å². The van der Waals surface area contributed by atoms with E-state index < -0.39 is 0 Å². The molecule has 4 aromatic rings. The molecule has 0 aliphatic carbocycles. The minimum absolute atomic E-state index is 0.220. The Bertz CT molecular complexity index is 1450. The van der Waals surface area contributed by atoms with Gasteiger partial charge in [0.15, 0.2) is 0 Å². The molecule has 5 nitrogen and oxygen atoms in total. The number of aryl methyl sites for hydroxylation is 2. The monoisotopic (exact) mass is 615 g/mol. The Labute approximate surface area is 226 Å². The van der Waals surface area contributed by atoms with Crippen molar-refractivity contribution in [3.05, 3.63) is 101 Å². The van der Waals surface area contributed by atoms with E-state index in [0.717, 1.165) is 22.9 Å². The summed E-state index contributed by atoms with van der Waals surface area (Å²) >= 11 is 13.3. The minimum atomic E-state index is -0.220. The topological polar surface area (TPSA) is 56.5 Å². The molecule has 4 rings (SSSR count). The van der Waals surface area contributed by atoms with E-state index in [4.69, 9.17) is 21.3 Å². The number of hydrogen-bond acceptors (Lipinski definition) is 4. The Morgan fingerprint density at radius 3 is 2.63 bits per heavy atom. The fourth-order valence-corrected chi connectivity index (χ4v) is 4.91. The standard InChI is InChI=1S/C27H24Br2ClN3O2/c1-3-4-5-25-32-24-11-10-20(28)13-22(24)27(34)33(25)31-15-19-12-21(30)14-23(29)26(19)35-16-18-8-6-17(2)7-9-18/h6-15H,3-5,16H2,1-2H3. The molecule has 0 bridgehead atoms. The Morgan fingerprint density at radius 2 is 1.89 bits per heavy atom. The molecule has 8 heteroatoms. The molecular weight excluding hydrogens is 594 g/mol. The molecule has 180 valence electrons. The van der Waals surface area contributed by atoms with Crippen LogP contribution in [0.4, 0.5) is 0 Å². The number of unbranched alkanes of at least 4 members (excludes halogenated alkanes) is 1. The molecule has 0 spiro atoms. The van der Waals surface area contributed by atoms with E-state index in [2.05, 4.69) is 43.9 Å². The summed E-state index contributed by atoms with van der Waals surface area (Å²) in [5.41, 5.74) is 3.32.